The first-order valence-corrected chi connectivity index (χ1v) is 19.8. The normalized spacial score (nSPS) is 16.4. The van der Waals surface area contributed by atoms with E-state index in [-0.39, 0.29) is 44.6 Å². The van der Waals surface area contributed by atoms with Gasteiger partial charge in [0, 0.05) is 13.0 Å². The number of likely N-dealkylation sites (tertiary alicyclic amines) is 1. The number of primary amides is 1. The van der Waals surface area contributed by atoms with Gasteiger partial charge in [-0.25, -0.2) is 4.79 Å². The second kappa shape index (κ2) is 27.0. The number of nitrogens with zero attached hydrogens (tertiary/aromatic N) is 1. The first-order valence-electron chi connectivity index (χ1n) is 19.8. The molecule has 0 bridgehead atoms. The average molecular weight is 872 g/mol. The molecule has 0 aromatic rings. The van der Waals surface area contributed by atoms with Crippen LogP contribution in [0, 0.1) is 5.92 Å². The Hall–Kier alpha value is -5.95. The molecule has 0 saturated carbocycles. The highest BCUT2D eigenvalue weighted by Crippen LogP contribution is 2.18. The smallest absolute Gasteiger partial charge is 0.326 e. The number of carboxylic acid groups (broad SMARTS) is 2. The molecule has 0 radical (unpaired) electrons. The minimum Gasteiger partial charge on any atom is -0.481 e. The second-order valence-electron chi connectivity index (χ2n) is 14.8. The molecule has 1 rings (SSSR count). The van der Waals surface area contributed by atoms with Gasteiger partial charge in [0.2, 0.25) is 53.2 Å². The number of aliphatic hydroxyl groups excluding tert-OH is 1. The van der Waals surface area contributed by atoms with E-state index in [4.69, 9.17) is 17.2 Å². The van der Waals surface area contributed by atoms with E-state index in [0.29, 0.717) is 25.8 Å². The average Bonchev–Trinajstić information content (AvgIpc) is 3.69. The van der Waals surface area contributed by atoms with Gasteiger partial charge in [-0.05, 0) is 64.3 Å². The molecule has 1 aliphatic heterocycles. The Morgan fingerprint density at radius 2 is 1.30 bits per heavy atom. The largest absolute Gasteiger partial charge is 0.481 e. The summed E-state index contributed by atoms with van der Waals surface area (Å²) >= 11 is 0. The minimum atomic E-state index is -1.87. The fraction of sp³-hybridized carbons (Fsp3) is 0.694. The summed E-state index contributed by atoms with van der Waals surface area (Å²) in [7, 11) is 0. The zero-order chi connectivity index (χ0) is 46.4. The van der Waals surface area contributed by atoms with Crippen molar-refractivity contribution in [2.45, 2.75) is 121 Å². The first kappa shape index (κ1) is 53.1. The predicted octanol–water partition coefficient (Wildman–Crippen LogP) is -6.03. The molecule has 61 heavy (non-hydrogen) atoms. The van der Waals surface area contributed by atoms with Gasteiger partial charge < -0.3 is 74.6 Å². The van der Waals surface area contributed by atoms with Crippen LogP contribution in [0.15, 0.2) is 0 Å². The first-order chi connectivity index (χ1) is 28.6. The molecule has 1 saturated heterocycles. The number of aliphatic carboxylic acids is 2. The maximum Gasteiger partial charge on any atom is 0.326 e. The Bertz CT molecular complexity index is 1600. The number of carboxylic acids is 2. The van der Waals surface area contributed by atoms with E-state index in [1.165, 1.54) is 11.8 Å². The maximum atomic E-state index is 13.4. The van der Waals surface area contributed by atoms with Crippen LogP contribution >= 0.6 is 0 Å². The van der Waals surface area contributed by atoms with Crippen molar-refractivity contribution in [1.29, 1.82) is 0 Å². The highest BCUT2D eigenvalue weighted by Gasteiger charge is 2.37. The van der Waals surface area contributed by atoms with Crippen LogP contribution in [-0.4, -0.2) is 160 Å². The number of hydrogen-bond donors (Lipinski definition) is 13. The van der Waals surface area contributed by atoms with Crippen LogP contribution in [0.2, 0.25) is 0 Å². The van der Waals surface area contributed by atoms with Crippen LogP contribution in [0.1, 0.15) is 78.6 Å². The van der Waals surface area contributed by atoms with Gasteiger partial charge >= 0.3 is 11.9 Å². The molecule has 0 unspecified atom stereocenters. The van der Waals surface area contributed by atoms with Crippen molar-refractivity contribution in [2.75, 3.05) is 32.8 Å². The van der Waals surface area contributed by atoms with Crippen molar-refractivity contribution in [3.8, 4) is 0 Å². The molecular weight excluding hydrogens is 810 g/mol. The Labute approximate surface area is 351 Å². The van der Waals surface area contributed by atoms with Gasteiger partial charge in [-0.1, -0.05) is 13.8 Å². The summed E-state index contributed by atoms with van der Waals surface area (Å²) in [4.78, 5) is 139. The summed E-state index contributed by atoms with van der Waals surface area (Å²) in [6, 6.07) is -9.88. The van der Waals surface area contributed by atoms with Crippen molar-refractivity contribution in [3.05, 3.63) is 0 Å². The van der Waals surface area contributed by atoms with Crippen molar-refractivity contribution < 1.29 is 68.1 Å². The van der Waals surface area contributed by atoms with E-state index in [1.807, 2.05) is 0 Å². The third kappa shape index (κ3) is 19.3. The number of amides is 9. The summed E-state index contributed by atoms with van der Waals surface area (Å²) in [5.74, 6) is -11.1. The third-order valence-electron chi connectivity index (χ3n) is 9.29. The fourth-order valence-corrected chi connectivity index (χ4v) is 6.06. The SMILES string of the molecule is CC(C)C[C@H](NC(=O)[C@H](CO)NC(=O)[C@H](CC(=O)O)NC(=O)[C@H](CCC(N)=O)NC(=O)CN)C(=O)N[C@@H](C)C(=O)NCC(=O)N1CCC[C@H]1C(=O)N[C@@H](CCCCN)C(=O)O. The lowest BCUT2D eigenvalue weighted by atomic mass is 10.0. The highest BCUT2D eigenvalue weighted by atomic mass is 16.4. The van der Waals surface area contributed by atoms with Crippen molar-refractivity contribution in [1.82, 2.24) is 42.1 Å². The number of aliphatic hydroxyl groups is 1. The van der Waals surface area contributed by atoms with Crippen LogP contribution in [-0.2, 0) is 52.7 Å². The van der Waals surface area contributed by atoms with Gasteiger partial charge in [-0.2, -0.15) is 0 Å². The Balaban J connectivity index is 2.96. The van der Waals surface area contributed by atoms with Crippen molar-refractivity contribution >= 4 is 65.1 Å². The van der Waals surface area contributed by atoms with Crippen LogP contribution in [0.25, 0.3) is 0 Å². The molecule has 9 amide bonds. The van der Waals surface area contributed by atoms with Crippen molar-refractivity contribution in [2.24, 2.45) is 23.1 Å². The van der Waals surface area contributed by atoms with E-state index < -0.39 is 134 Å². The molecule has 16 N–H and O–H groups in total. The third-order valence-corrected chi connectivity index (χ3v) is 9.29. The molecule has 1 heterocycles. The summed E-state index contributed by atoms with van der Waals surface area (Å²) in [6.45, 7) is 3.08. The van der Waals surface area contributed by atoms with E-state index >= 15 is 0 Å². The number of hydrogen-bond acceptors (Lipinski definition) is 14. The zero-order valence-electron chi connectivity index (χ0n) is 34.5. The molecule has 0 aromatic carbocycles. The van der Waals surface area contributed by atoms with E-state index in [1.54, 1.807) is 13.8 Å². The molecule has 25 heteroatoms. The number of nitrogens with one attached hydrogen (secondary N) is 7. The molecule has 1 fully saturated rings. The molecule has 7 atom stereocenters. The fourth-order valence-electron chi connectivity index (χ4n) is 6.06. The Kier molecular flexibility index (Phi) is 23.5. The molecule has 1 aliphatic rings. The number of unbranched alkanes of at least 4 members (excludes halogenated alkanes) is 1. The van der Waals surface area contributed by atoms with E-state index in [0.717, 1.165) is 0 Å². The lowest BCUT2D eigenvalue weighted by molar-refractivity contribution is -0.144. The summed E-state index contributed by atoms with van der Waals surface area (Å²) in [5.41, 5.74) is 15.9. The van der Waals surface area contributed by atoms with Crippen LogP contribution < -0.4 is 54.4 Å². The number of rotatable bonds is 28. The monoisotopic (exact) mass is 871 g/mol. The van der Waals surface area contributed by atoms with Gasteiger partial charge in [0.05, 0.1) is 26.1 Å². The number of carbonyl (C=O) groups excluding carboxylic acids is 9. The zero-order valence-corrected chi connectivity index (χ0v) is 34.5. The molecule has 0 aromatic heterocycles. The molecule has 344 valence electrons. The maximum absolute atomic E-state index is 13.4. The molecule has 25 nitrogen and oxygen atoms in total. The van der Waals surface area contributed by atoms with Gasteiger partial charge in [0.1, 0.15) is 42.3 Å². The van der Waals surface area contributed by atoms with Gasteiger partial charge in [-0.3, -0.25) is 47.9 Å². The lowest BCUT2D eigenvalue weighted by Crippen LogP contribution is -2.60. The standard InChI is InChI=1S/C36H61N11O14/c1-18(2)13-22(44-34(58)24(17-48)46-33(57)23(14-29(52)53)45-31(55)20(9-10-26(39)49)42-27(50)15-38)32(56)41-19(3)30(54)40-16-28(51)47-12-6-8-25(47)35(59)43-21(36(60)61)7-4-5-11-37/h18-25,48H,4-17,37-38H2,1-3H3,(H2,39,49)(H,40,54)(H,41,56)(H,42,50)(H,43,59)(H,44,58)(H,45,55)(H,46,57)(H,52,53)(H,60,61)/t19-,20-,21-,22-,23-,24-,25-/m0/s1. The lowest BCUT2D eigenvalue weighted by Gasteiger charge is -2.27. The van der Waals surface area contributed by atoms with Crippen LogP contribution in [0.3, 0.4) is 0 Å². The topological polar surface area (TPSA) is 414 Å². The molecular formula is C36H61N11O14. The van der Waals surface area contributed by atoms with Crippen LogP contribution in [0.4, 0.5) is 0 Å². The molecule has 0 spiro atoms. The minimum absolute atomic E-state index is 0.0103. The van der Waals surface area contributed by atoms with Crippen molar-refractivity contribution in [3.63, 3.8) is 0 Å². The quantitative estimate of drug-likeness (QED) is 0.0326. The highest BCUT2D eigenvalue weighted by molar-refractivity contribution is 5.98. The van der Waals surface area contributed by atoms with Crippen LogP contribution in [0.5, 0.6) is 0 Å². The summed E-state index contributed by atoms with van der Waals surface area (Å²) in [5, 5.41) is 45.0. The Morgan fingerprint density at radius 1 is 0.705 bits per heavy atom. The Morgan fingerprint density at radius 3 is 1.85 bits per heavy atom. The summed E-state index contributed by atoms with van der Waals surface area (Å²) < 4.78 is 0. The van der Waals surface area contributed by atoms with Gasteiger partial charge in [0.15, 0.2) is 0 Å². The van der Waals surface area contributed by atoms with Gasteiger partial charge in [-0.15, -0.1) is 0 Å². The van der Waals surface area contributed by atoms with E-state index in [2.05, 4.69) is 37.2 Å². The number of carbonyl (C=O) groups is 11. The van der Waals surface area contributed by atoms with Gasteiger partial charge in [0.25, 0.3) is 0 Å². The number of nitrogens with two attached hydrogens (primary N) is 3. The second-order valence-corrected chi connectivity index (χ2v) is 14.8. The predicted molar refractivity (Wildman–Crippen MR) is 212 cm³/mol. The van der Waals surface area contributed by atoms with E-state index in [9.17, 15) is 68.1 Å². The molecule has 0 aliphatic carbocycles. The summed E-state index contributed by atoms with van der Waals surface area (Å²) in [6.07, 6.45) is 0.168.